The average Bonchev–Trinajstić information content (AvgIpc) is 3.41. The maximum atomic E-state index is 12.9. The van der Waals surface area contributed by atoms with Crippen LogP contribution in [0.5, 0.6) is 0 Å². The molecule has 0 spiro atoms. The van der Waals surface area contributed by atoms with Crippen molar-refractivity contribution in [2.45, 2.75) is 68.8 Å². The molecule has 0 bridgehead atoms. The first-order valence-corrected chi connectivity index (χ1v) is 37.2. The first-order chi connectivity index (χ1) is 24.0. The van der Waals surface area contributed by atoms with Crippen molar-refractivity contribution >= 4 is 73.4 Å². The molecule has 5 rings (SSSR count). The summed E-state index contributed by atoms with van der Waals surface area (Å²) in [4.78, 5) is 78.9. The fourth-order valence-electron chi connectivity index (χ4n) is 5.34. The van der Waals surface area contributed by atoms with E-state index < -0.39 is 54.5 Å². The molecule has 0 saturated carbocycles. The van der Waals surface area contributed by atoms with Crippen LogP contribution in [0.1, 0.15) is 67.0 Å². The fraction of sp³-hybridized carbons (Fsp3) is 0.293. The summed E-state index contributed by atoms with van der Waals surface area (Å²) in [5, 5.41) is 3.56. The van der Waals surface area contributed by atoms with Crippen molar-refractivity contribution in [2.24, 2.45) is 0 Å². The van der Waals surface area contributed by atoms with Crippen molar-refractivity contribution in [1.82, 2.24) is 10.4 Å². The van der Waals surface area contributed by atoms with Gasteiger partial charge in [-0.25, -0.2) is 4.79 Å². The van der Waals surface area contributed by atoms with Gasteiger partial charge >= 0.3 is 221 Å². The number of hydrogen-bond donors (Lipinski definition) is 1. The zero-order chi connectivity index (χ0) is 37.3. The van der Waals surface area contributed by atoms with E-state index in [0.717, 1.165) is 17.5 Å². The molecule has 1 aliphatic heterocycles. The minimum absolute atomic E-state index is 0.0738. The van der Waals surface area contributed by atoms with E-state index in [0.29, 0.717) is 34.7 Å². The van der Waals surface area contributed by atoms with Gasteiger partial charge in [0.15, 0.2) is 0 Å². The van der Waals surface area contributed by atoms with Crippen LogP contribution in [0.4, 0.5) is 0 Å². The summed E-state index contributed by atoms with van der Waals surface area (Å²) < 4.78 is 2.93. The number of rotatable bonds is 11. The van der Waals surface area contributed by atoms with Crippen LogP contribution >= 0.6 is 0 Å². The van der Waals surface area contributed by atoms with E-state index in [4.69, 9.17) is 4.84 Å². The number of amides is 3. The number of ketones is 1. The maximum absolute atomic E-state index is 12.9. The van der Waals surface area contributed by atoms with Gasteiger partial charge in [0.25, 0.3) is 11.8 Å². The standard InChI is InChI=1S/C23H19NO2.C12H11NO4.6CH3.2Sn/c25-22(15-14-18-8-3-1-4-9-18)20-12-7-13-21(16-20)23(26)24-17-19-10-5-2-6-11-19;1-8-2-4-9(5-3-8)12(16)17-13-10(14)6-7-11(13)15;;;;;;;;/h1-3,5,7-13,16H,14-15,17H2,(H,24,26);2-5H,6-7H2,1H3;6*1H3;;. The number of nitrogens with zero attached hydrogens (tertiary/aromatic N) is 1. The number of carbonyl (C=O) groups excluding carboxylic acids is 5. The molecule has 1 heterocycles. The van der Waals surface area contributed by atoms with Gasteiger partial charge in [0, 0.05) is 12.8 Å². The molecule has 266 valence electrons. The second-order valence-electron chi connectivity index (χ2n) is 14.9. The van der Waals surface area contributed by atoms with E-state index in [1.54, 1.807) is 48.5 Å². The normalized spacial score (nSPS) is 13.0. The Balaban J connectivity index is 0.000000286. The van der Waals surface area contributed by atoms with Crippen LogP contribution in [0.2, 0.25) is 29.6 Å². The summed E-state index contributed by atoms with van der Waals surface area (Å²) in [6, 6.07) is 31.1. The Morgan fingerprint density at radius 3 is 1.78 bits per heavy atom. The monoisotopic (exact) mass is 904 g/mol. The molecule has 0 aliphatic carbocycles. The SMILES string of the molecule is Cc1ccc(C(=O)ON2C(=O)CCC2=O)cc1.[CH3][Sn]([CH3])([CH3])[c]1cccc(CCC(=O)c2cccc(C(=O)NCc3ccc[c]([Sn]([CH3])([CH3])[CH3])c3)c2)c1. The van der Waals surface area contributed by atoms with Crippen molar-refractivity contribution in [3.63, 3.8) is 0 Å². The fourth-order valence-corrected chi connectivity index (χ4v) is 12.3. The summed E-state index contributed by atoms with van der Waals surface area (Å²) in [5.41, 5.74) is 4.78. The predicted octanol–water partition coefficient (Wildman–Crippen LogP) is 6.74. The van der Waals surface area contributed by atoms with E-state index in [-0.39, 0.29) is 24.5 Å². The third-order valence-corrected chi connectivity index (χ3v) is 20.3. The first-order valence-electron chi connectivity index (χ1n) is 17.3. The zero-order valence-corrected chi connectivity index (χ0v) is 36.4. The van der Waals surface area contributed by atoms with Gasteiger partial charge in [-0.2, -0.15) is 0 Å². The number of Topliss-reactive ketones (excluding diaryl/α,β-unsaturated/α-hetero) is 1. The van der Waals surface area contributed by atoms with Gasteiger partial charge < -0.3 is 4.84 Å². The van der Waals surface area contributed by atoms with Crippen LogP contribution in [0.3, 0.4) is 0 Å². The number of aryl methyl sites for hydroxylation is 2. The quantitative estimate of drug-likeness (QED) is 0.102. The van der Waals surface area contributed by atoms with Gasteiger partial charge in [0.05, 0.1) is 5.56 Å². The van der Waals surface area contributed by atoms with Crippen LogP contribution in [0, 0.1) is 6.92 Å². The van der Waals surface area contributed by atoms with E-state index in [2.05, 4.69) is 83.5 Å². The Kier molecular flexibility index (Phi) is 13.8. The summed E-state index contributed by atoms with van der Waals surface area (Å²) in [6.07, 6.45) is 1.36. The molecule has 1 saturated heterocycles. The second kappa shape index (κ2) is 17.6. The Morgan fingerprint density at radius 1 is 0.667 bits per heavy atom. The molecular formula is C41H48N2O6Sn2. The Hall–Kier alpha value is -3.77. The number of carbonyl (C=O) groups is 5. The number of nitrogens with one attached hydrogen (secondary N) is 1. The molecular weight excluding hydrogens is 854 g/mol. The Labute approximate surface area is 309 Å². The van der Waals surface area contributed by atoms with Crippen LogP contribution in [0.15, 0.2) is 97.1 Å². The molecule has 0 radical (unpaired) electrons. The van der Waals surface area contributed by atoms with Crippen molar-refractivity contribution in [1.29, 1.82) is 0 Å². The molecule has 0 atom stereocenters. The molecule has 10 heteroatoms. The van der Waals surface area contributed by atoms with Gasteiger partial charge in [-0.05, 0) is 19.1 Å². The summed E-state index contributed by atoms with van der Waals surface area (Å²) in [7, 11) is 0. The van der Waals surface area contributed by atoms with Crippen LogP contribution in [0.25, 0.3) is 0 Å². The second-order valence-corrected chi connectivity index (χ2v) is 43.9. The molecule has 0 aromatic heterocycles. The predicted molar refractivity (Wildman–Crippen MR) is 207 cm³/mol. The van der Waals surface area contributed by atoms with Gasteiger partial charge in [0.2, 0.25) is 0 Å². The number of imide groups is 1. The van der Waals surface area contributed by atoms with Gasteiger partial charge in [-0.3, -0.25) is 9.59 Å². The Bertz CT molecular complexity index is 1800. The van der Waals surface area contributed by atoms with Crippen molar-refractivity contribution in [3.05, 3.63) is 130 Å². The third-order valence-electron chi connectivity index (χ3n) is 8.59. The van der Waals surface area contributed by atoms with Crippen molar-refractivity contribution in [3.8, 4) is 0 Å². The topological polar surface area (TPSA) is 110 Å². The molecule has 4 aromatic carbocycles. The van der Waals surface area contributed by atoms with Crippen LogP contribution in [-0.4, -0.2) is 71.3 Å². The molecule has 0 unspecified atom stereocenters. The summed E-state index contributed by atoms with van der Waals surface area (Å²) >= 11 is -4.27. The van der Waals surface area contributed by atoms with E-state index in [1.807, 2.05) is 6.92 Å². The number of hydrogen-bond acceptors (Lipinski definition) is 6. The zero-order valence-electron chi connectivity index (χ0n) is 30.7. The molecule has 4 aromatic rings. The molecule has 1 aliphatic rings. The van der Waals surface area contributed by atoms with Crippen LogP contribution in [-0.2, 0) is 27.4 Å². The molecule has 1 fully saturated rings. The van der Waals surface area contributed by atoms with Gasteiger partial charge in [-0.15, -0.1) is 5.06 Å². The minimum atomic E-state index is -2.14. The summed E-state index contributed by atoms with van der Waals surface area (Å²) in [6.45, 7) is 2.38. The number of benzene rings is 4. The van der Waals surface area contributed by atoms with E-state index in [9.17, 15) is 24.0 Å². The van der Waals surface area contributed by atoms with E-state index >= 15 is 0 Å². The number of hydroxylamine groups is 2. The van der Waals surface area contributed by atoms with E-state index in [1.165, 1.54) is 12.7 Å². The first kappa shape index (κ1) is 40.0. The molecule has 8 nitrogen and oxygen atoms in total. The molecule has 3 amide bonds. The summed E-state index contributed by atoms with van der Waals surface area (Å²) in [5.74, 6) is -1.73. The Morgan fingerprint density at radius 2 is 1.20 bits per heavy atom. The average molecular weight is 902 g/mol. The van der Waals surface area contributed by atoms with Crippen molar-refractivity contribution < 1.29 is 28.8 Å². The van der Waals surface area contributed by atoms with Crippen LogP contribution < -0.4 is 12.5 Å². The molecule has 1 N–H and O–H groups in total. The van der Waals surface area contributed by atoms with Gasteiger partial charge in [-0.1, -0.05) is 17.7 Å². The molecule has 51 heavy (non-hydrogen) atoms. The third kappa shape index (κ3) is 11.9. The van der Waals surface area contributed by atoms with Gasteiger partial charge in [0.1, 0.15) is 0 Å². The van der Waals surface area contributed by atoms with Crippen molar-refractivity contribution in [2.75, 3.05) is 0 Å².